The number of halogens is 2. The van der Waals surface area contributed by atoms with Gasteiger partial charge in [0.1, 0.15) is 29.9 Å². The zero-order valence-corrected chi connectivity index (χ0v) is 29.7. The highest BCUT2D eigenvalue weighted by molar-refractivity contribution is 6.30. The molecule has 1 saturated heterocycles. The van der Waals surface area contributed by atoms with Crippen molar-refractivity contribution in [1.29, 1.82) is 0 Å². The molecule has 51 heavy (non-hydrogen) atoms. The molecule has 2 aliphatic heterocycles. The third-order valence-electron chi connectivity index (χ3n) is 11.0. The lowest BCUT2D eigenvalue weighted by atomic mass is 9.95. The molecule has 2 aromatic carbocycles. The molecule has 2 aromatic heterocycles. The first kappa shape index (κ1) is 34.7. The number of ketones is 1. The summed E-state index contributed by atoms with van der Waals surface area (Å²) in [5.41, 5.74) is 3.31. The predicted octanol–water partition coefficient (Wildman–Crippen LogP) is 5.34. The van der Waals surface area contributed by atoms with Crippen LogP contribution in [-0.2, 0) is 33.9 Å². The smallest absolute Gasteiger partial charge is 0.245 e. The summed E-state index contributed by atoms with van der Waals surface area (Å²) in [4.78, 5) is 64.7. The lowest BCUT2D eigenvalue weighted by Gasteiger charge is -2.28. The van der Waals surface area contributed by atoms with Crippen LogP contribution in [0.15, 0.2) is 42.7 Å². The number of Topliss-reactive ketones (excluding diaryl/α,β-unsaturated/α-hetero) is 1. The molecule has 11 nitrogen and oxygen atoms in total. The number of rotatable bonds is 5. The molecule has 1 saturated carbocycles. The van der Waals surface area contributed by atoms with Crippen molar-refractivity contribution < 1.29 is 23.6 Å². The standard InChI is InChI=1S/C38H41ClFN7O4/c1-21-36-38(21)15-30(37(51)43-16-25-10-8-11-29(39)33(25)40)47(36)32(50)19-46-35-24(9-6-4-5-7-12-31(49)44-20-38)13-26(27-17-41-23(3)42-18-27)14-28(35)34(45-46)22(2)48/h8,10-11,13-14,17-18,21,30,36H,4-7,9,12,15-16,19-20H2,1-3H3,(H,43,51)(H,44,49)/t21-,30-,36+,38+/m0/s1. The third-order valence-corrected chi connectivity index (χ3v) is 11.3. The largest absolute Gasteiger partial charge is 0.355 e. The second kappa shape index (κ2) is 13.8. The average Bonchev–Trinajstić information content (AvgIpc) is 3.36. The predicted molar refractivity (Wildman–Crippen MR) is 189 cm³/mol. The Kier molecular flexibility index (Phi) is 9.38. The average molecular weight is 714 g/mol. The summed E-state index contributed by atoms with van der Waals surface area (Å²) in [6, 6.07) is 7.43. The number of nitrogens with one attached hydrogen (secondary N) is 2. The van der Waals surface area contributed by atoms with Gasteiger partial charge in [-0.2, -0.15) is 5.10 Å². The van der Waals surface area contributed by atoms with E-state index in [0.717, 1.165) is 42.4 Å². The highest BCUT2D eigenvalue weighted by Gasteiger charge is 2.72. The van der Waals surface area contributed by atoms with Gasteiger partial charge in [0.15, 0.2) is 5.78 Å². The molecular formula is C38H41ClFN7O4. The Morgan fingerprint density at radius 1 is 1.08 bits per heavy atom. The van der Waals surface area contributed by atoms with E-state index in [9.17, 15) is 23.6 Å². The third kappa shape index (κ3) is 6.50. The molecule has 2 N–H and O–H groups in total. The SMILES string of the molecule is CC(=O)c1nn2c3c(cc(-c4cnc(C)nc4)cc13)CCCCCCC(=O)NC[C@@]13C[C@@H](C(=O)NCc4cccc(Cl)c4F)N(C(=O)C2)[C@@H]1[C@@H]3C. The fourth-order valence-electron chi connectivity index (χ4n) is 8.21. The summed E-state index contributed by atoms with van der Waals surface area (Å²) in [5, 5.41) is 11.2. The zero-order chi connectivity index (χ0) is 36.0. The number of carbonyl (C=O) groups excluding carboxylic acids is 4. The van der Waals surface area contributed by atoms with Crippen LogP contribution in [0.3, 0.4) is 0 Å². The van der Waals surface area contributed by atoms with Gasteiger partial charge in [0.05, 0.1) is 10.5 Å². The number of benzene rings is 2. The maximum atomic E-state index is 14.7. The van der Waals surface area contributed by atoms with Gasteiger partial charge in [-0.1, -0.05) is 43.5 Å². The van der Waals surface area contributed by atoms with Crippen molar-refractivity contribution in [2.45, 2.75) is 90.9 Å². The van der Waals surface area contributed by atoms with Crippen molar-refractivity contribution in [3.8, 4) is 11.1 Å². The molecule has 7 rings (SSSR count). The summed E-state index contributed by atoms with van der Waals surface area (Å²) in [6.07, 6.45) is 8.29. The van der Waals surface area contributed by atoms with E-state index in [1.54, 1.807) is 34.1 Å². The number of aromatic nitrogens is 4. The summed E-state index contributed by atoms with van der Waals surface area (Å²) in [5.74, 6) is -0.933. The fourth-order valence-corrected chi connectivity index (χ4v) is 8.41. The van der Waals surface area contributed by atoms with Crippen LogP contribution in [0.2, 0.25) is 5.02 Å². The van der Waals surface area contributed by atoms with Crippen LogP contribution in [0.5, 0.6) is 0 Å². The van der Waals surface area contributed by atoms with Crippen LogP contribution in [0, 0.1) is 24.1 Å². The number of aryl methyl sites for hydroxylation is 2. The van der Waals surface area contributed by atoms with E-state index in [1.165, 1.54) is 13.0 Å². The maximum absolute atomic E-state index is 14.7. The lowest BCUT2D eigenvalue weighted by molar-refractivity contribution is -0.140. The van der Waals surface area contributed by atoms with Crippen LogP contribution in [0.1, 0.15) is 79.8 Å². The van der Waals surface area contributed by atoms with Gasteiger partial charge < -0.3 is 15.5 Å². The molecule has 0 unspecified atom stereocenters. The molecule has 1 aliphatic carbocycles. The van der Waals surface area contributed by atoms with E-state index >= 15 is 0 Å². The molecule has 266 valence electrons. The molecule has 2 fully saturated rings. The van der Waals surface area contributed by atoms with Gasteiger partial charge in [-0.15, -0.1) is 0 Å². The molecule has 13 heteroatoms. The summed E-state index contributed by atoms with van der Waals surface area (Å²) >= 11 is 5.97. The van der Waals surface area contributed by atoms with E-state index in [2.05, 4.69) is 26.7 Å². The van der Waals surface area contributed by atoms with Gasteiger partial charge in [-0.3, -0.25) is 23.9 Å². The number of nitrogens with zero attached hydrogens (tertiary/aromatic N) is 5. The summed E-state index contributed by atoms with van der Waals surface area (Å²) in [7, 11) is 0. The van der Waals surface area contributed by atoms with Crippen LogP contribution in [0.25, 0.3) is 22.0 Å². The minimum Gasteiger partial charge on any atom is -0.355 e. The molecule has 0 spiro atoms. The molecule has 2 bridgehead atoms. The molecule has 3 aliphatic rings. The van der Waals surface area contributed by atoms with Crippen LogP contribution in [-0.4, -0.2) is 66.8 Å². The van der Waals surface area contributed by atoms with Gasteiger partial charge >= 0.3 is 0 Å². The topological polar surface area (TPSA) is 139 Å². The normalized spacial score (nSPS) is 23.8. The van der Waals surface area contributed by atoms with Crippen LogP contribution >= 0.6 is 11.6 Å². The van der Waals surface area contributed by atoms with Crippen molar-refractivity contribution in [3.05, 3.63) is 76.2 Å². The Morgan fingerprint density at radius 3 is 2.57 bits per heavy atom. The van der Waals surface area contributed by atoms with Crippen LogP contribution < -0.4 is 10.6 Å². The number of carbonyl (C=O) groups is 4. The Morgan fingerprint density at radius 2 is 1.82 bits per heavy atom. The molecule has 4 heterocycles. The highest BCUT2D eigenvalue weighted by atomic mass is 35.5. The van der Waals surface area contributed by atoms with Gasteiger partial charge in [0, 0.05) is 66.8 Å². The maximum Gasteiger partial charge on any atom is 0.245 e. The van der Waals surface area contributed by atoms with E-state index in [0.29, 0.717) is 42.5 Å². The van der Waals surface area contributed by atoms with Gasteiger partial charge in [-0.25, -0.2) is 14.4 Å². The zero-order valence-electron chi connectivity index (χ0n) is 29.0. The second-order valence-electron chi connectivity index (χ2n) is 14.2. The van der Waals surface area contributed by atoms with E-state index < -0.39 is 23.2 Å². The Balaban J connectivity index is 1.27. The van der Waals surface area contributed by atoms with E-state index in [-0.39, 0.29) is 58.9 Å². The number of hydrogen-bond acceptors (Lipinski definition) is 7. The first-order chi connectivity index (χ1) is 24.5. The summed E-state index contributed by atoms with van der Waals surface area (Å²) < 4.78 is 16.3. The highest BCUT2D eigenvalue weighted by Crippen LogP contribution is 2.64. The molecular weight excluding hydrogens is 673 g/mol. The van der Waals surface area contributed by atoms with Crippen molar-refractivity contribution >= 4 is 46.0 Å². The summed E-state index contributed by atoms with van der Waals surface area (Å²) in [6.45, 7) is 5.38. The fraction of sp³-hybridized carbons (Fsp3) is 0.447. The molecule has 0 radical (unpaired) electrons. The first-order valence-electron chi connectivity index (χ1n) is 17.6. The van der Waals surface area contributed by atoms with Crippen molar-refractivity contribution in [2.24, 2.45) is 11.3 Å². The Bertz CT molecular complexity index is 2050. The van der Waals surface area contributed by atoms with Crippen molar-refractivity contribution in [3.63, 3.8) is 0 Å². The van der Waals surface area contributed by atoms with Gasteiger partial charge in [-0.05, 0) is 67.9 Å². The van der Waals surface area contributed by atoms with Crippen LogP contribution in [0.4, 0.5) is 4.39 Å². The minimum atomic E-state index is -0.849. The van der Waals surface area contributed by atoms with Gasteiger partial charge in [0.25, 0.3) is 0 Å². The second-order valence-corrected chi connectivity index (χ2v) is 14.6. The molecule has 4 atom stereocenters. The monoisotopic (exact) mass is 713 g/mol. The lowest BCUT2D eigenvalue weighted by Crippen LogP contribution is -2.49. The Labute approximate surface area is 300 Å². The number of piperidine rings is 1. The quantitative estimate of drug-likeness (QED) is 0.266. The molecule has 4 aromatic rings. The number of amides is 3. The van der Waals surface area contributed by atoms with E-state index in [4.69, 9.17) is 16.7 Å². The first-order valence-corrected chi connectivity index (χ1v) is 18.0. The molecule has 3 amide bonds. The van der Waals surface area contributed by atoms with Crippen molar-refractivity contribution in [1.82, 2.24) is 35.3 Å². The number of hydrogen-bond donors (Lipinski definition) is 2. The Hall–Kier alpha value is -4.71. The minimum absolute atomic E-state index is 0.0343. The van der Waals surface area contributed by atoms with E-state index in [1.807, 2.05) is 19.9 Å². The van der Waals surface area contributed by atoms with Crippen molar-refractivity contribution in [2.75, 3.05) is 6.54 Å². The van der Waals surface area contributed by atoms with Gasteiger partial charge in [0.2, 0.25) is 17.7 Å².